The highest BCUT2D eigenvalue weighted by molar-refractivity contribution is 7.91. The number of azo groups is 2. The van der Waals surface area contributed by atoms with E-state index in [2.05, 4.69) is 36.3 Å². The molecule has 0 radical (unpaired) electrons. The molecule has 24 heteroatoms. The maximum Gasteiger partial charge on any atom is 0.296 e. The van der Waals surface area contributed by atoms with Gasteiger partial charge in [0, 0.05) is 45.4 Å². The number of hydrogen-bond acceptors (Lipinski definition) is 17. The Balaban J connectivity index is 1.20. The van der Waals surface area contributed by atoms with E-state index in [9.17, 15) is 48.5 Å². The number of benzene rings is 6. The van der Waals surface area contributed by atoms with Crippen molar-refractivity contribution >= 4 is 104 Å². The van der Waals surface area contributed by atoms with E-state index in [0.717, 1.165) is 30.3 Å². The van der Waals surface area contributed by atoms with Gasteiger partial charge in [0.15, 0.2) is 5.71 Å². The molecule has 6 aromatic carbocycles. The Bertz CT molecular complexity index is 3450. The van der Waals surface area contributed by atoms with Gasteiger partial charge in [-0.25, -0.2) is 0 Å². The van der Waals surface area contributed by atoms with Crippen molar-refractivity contribution in [2.45, 2.75) is 9.79 Å². The number of nitrogens with one attached hydrogen (secondary N) is 2. The van der Waals surface area contributed by atoms with Gasteiger partial charge in [-0.05, 0) is 90.5 Å². The zero-order valence-electron chi connectivity index (χ0n) is 33.4. The van der Waals surface area contributed by atoms with Gasteiger partial charge in [0.1, 0.15) is 27.8 Å². The van der Waals surface area contributed by atoms with Crippen LogP contribution < -0.4 is 25.9 Å². The molecular formula is C41H32N8O13S3. The van der Waals surface area contributed by atoms with Crippen LogP contribution in [-0.2, 0) is 30.4 Å². The second-order valence-corrected chi connectivity index (χ2v) is 17.9. The van der Waals surface area contributed by atoms with Crippen LogP contribution in [0.2, 0.25) is 0 Å². The maximum absolute atomic E-state index is 13.7. The van der Waals surface area contributed by atoms with Crippen LogP contribution in [0.3, 0.4) is 0 Å². The number of anilines is 3. The Morgan fingerprint density at radius 1 is 0.646 bits per heavy atom. The molecule has 332 valence electrons. The molecule has 0 aliphatic heterocycles. The van der Waals surface area contributed by atoms with E-state index in [1.165, 1.54) is 87.0 Å². The van der Waals surface area contributed by atoms with E-state index in [1.54, 1.807) is 12.1 Å². The SMILES string of the molecule is COc1cc(N/N=C2\C(=O)c3ccc(NC(=O)c4cccc(N)c4)cc3C=C2S(=O)(=O)O)c(OC)cc1N=Nc1ccc(N=Nc2cccc(S(=O)(=O)O)c2)c2ccc(S(=O)(=O)O)cc12. The summed E-state index contributed by atoms with van der Waals surface area (Å²) in [6.45, 7) is 0. The number of nitrogen functional groups attached to an aromatic ring is 1. The minimum atomic E-state index is -5.06. The van der Waals surface area contributed by atoms with Crippen LogP contribution in [0.4, 0.5) is 39.8 Å². The van der Waals surface area contributed by atoms with Crippen LogP contribution in [-0.4, -0.2) is 70.5 Å². The summed E-state index contributed by atoms with van der Waals surface area (Å²) in [7, 11) is -11.7. The minimum Gasteiger partial charge on any atom is -0.494 e. The smallest absolute Gasteiger partial charge is 0.296 e. The number of nitrogens with two attached hydrogens (primary N) is 1. The fourth-order valence-electron chi connectivity index (χ4n) is 6.32. The highest BCUT2D eigenvalue weighted by Crippen LogP contribution is 2.41. The fourth-order valence-corrected chi connectivity index (χ4v) is 8.01. The van der Waals surface area contributed by atoms with E-state index < -0.39 is 62.5 Å². The maximum atomic E-state index is 13.7. The van der Waals surface area contributed by atoms with Gasteiger partial charge in [-0.1, -0.05) is 18.2 Å². The molecule has 1 aliphatic rings. The zero-order chi connectivity index (χ0) is 46.8. The normalized spacial score (nSPS) is 13.8. The third kappa shape index (κ3) is 10.1. The van der Waals surface area contributed by atoms with E-state index >= 15 is 0 Å². The largest absolute Gasteiger partial charge is 0.494 e. The lowest BCUT2D eigenvalue weighted by Gasteiger charge is -2.18. The summed E-state index contributed by atoms with van der Waals surface area (Å²) < 4.78 is 113. The van der Waals surface area contributed by atoms with Crippen LogP contribution in [0.15, 0.2) is 149 Å². The molecule has 0 unspecified atom stereocenters. The second kappa shape index (κ2) is 17.8. The first-order valence-corrected chi connectivity index (χ1v) is 22.7. The molecule has 0 saturated carbocycles. The molecule has 0 atom stereocenters. The average Bonchev–Trinajstić information content (AvgIpc) is 3.26. The molecule has 7 rings (SSSR count). The van der Waals surface area contributed by atoms with E-state index in [0.29, 0.717) is 5.69 Å². The van der Waals surface area contributed by atoms with Gasteiger partial charge in [0.2, 0.25) is 5.78 Å². The molecule has 0 aromatic heterocycles. The molecule has 0 heterocycles. The highest BCUT2D eigenvalue weighted by Gasteiger charge is 2.33. The average molecular weight is 941 g/mol. The van der Waals surface area contributed by atoms with Crippen molar-refractivity contribution in [1.82, 2.24) is 0 Å². The topological polar surface area (TPSA) is 328 Å². The Kier molecular flexibility index (Phi) is 12.4. The van der Waals surface area contributed by atoms with Crippen LogP contribution >= 0.6 is 0 Å². The lowest BCUT2D eigenvalue weighted by atomic mass is 9.94. The second-order valence-electron chi connectivity index (χ2n) is 13.6. The number of amides is 1. The Hall–Kier alpha value is -7.74. The van der Waals surface area contributed by atoms with Gasteiger partial charge in [-0.2, -0.15) is 35.5 Å². The standard InChI is InChI=1S/C41H32N8O13S3/c1-61-36-21-35(48-49-39-38(65(58,59)60)17-23-16-25(9-11-29(23)40(39)50)43-41(51)22-5-3-6-24(42)15-22)37(62-2)20-34(36)47-46-33-14-13-32(30-12-10-28(19-31(30)33)64(55,56)57)45-44-26-7-4-8-27(18-26)63(52,53)54/h3-21,48H,42H2,1-2H3,(H,43,51)(H,52,53,54)(H,55,56,57)(H,58,59,60)/b45-44?,47-46?,49-39-. The number of carbonyl (C=O) groups is 2. The van der Waals surface area contributed by atoms with Gasteiger partial charge in [-0.15, -0.1) is 15.3 Å². The first kappa shape index (κ1) is 45.3. The van der Waals surface area contributed by atoms with Crippen molar-refractivity contribution in [3.8, 4) is 11.5 Å². The molecule has 0 saturated heterocycles. The molecule has 65 heavy (non-hydrogen) atoms. The predicted octanol–water partition coefficient (Wildman–Crippen LogP) is 7.91. The summed E-state index contributed by atoms with van der Waals surface area (Å²) in [5, 5.41) is 23.9. The monoisotopic (exact) mass is 940 g/mol. The van der Waals surface area contributed by atoms with Crippen LogP contribution in [0.25, 0.3) is 16.8 Å². The number of hydrogen-bond donors (Lipinski definition) is 6. The molecule has 7 N–H and O–H groups in total. The van der Waals surface area contributed by atoms with Gasteiger partial charge in [0.25, 0.3) is 36.3 Å². The van der Waals surface area contributed by atoms with Crippen LogP contribution in [0, 0.1) is 0 Å². The van der Waals surface area contributed by atoms with Crippen molar-refractivity contribution in [3.05, 3.63) is 131 Å². The molecule has 0 bridgehead atoms. The lowest BCUT2D eigenvalue weighted by Crippen LogP contribution is -2.27. The molecule has 6 aromatic rings. The van der Waals surface area contributed by atoms with Crippen molar-refractivity contribution in [1.29, 1.82) is 0 Å². The number of ether oxygens (including phenoxy) is 2. The minimum absolute atomic E-state index is 0.00185. The first-order valence-electron chi connectivity index (χ1n) is 18.3. The number of methoxy groups -OCH3 is 2. The fraction of sp³-hybridized carbons (Fsp3) is 0.0488. The number of hydrazone groups is 1. The van der Waals surface area contributed by atoms with Gasteiger partial charge in [0.05, 0.1) is 41.1 Å². The molecule has 0 fully saturated rings. The molecule has 0 spiro atoms. The number of Topliss-reactive ketones (excluding diaryl/α,β-unsaturated/α-hetero) is 1. The van der Waals surface area contributed by atoms with Gasteiger partial charge < -0.3 is 20.5 Å². The van der Waals surface area contributed by atoms with Crippen molar-refractivity contribution in [3.63, 3.8) is 0 Å². The lowest BCUT2D eigenvalue weighted by molar-refractivity contribution is 0.102. The predicted molar refractivity (Wildman–Crippen MR) is 238 cm³/mol. The number of ketones is 1. The summed E-state index contributed by atoms with van der Waals surface area (Å²) in [4.78, 5) is 24.8. The van der Waals surface area contributed by atoms with Gasteiger partial charge in [-0.3, -0.25) is 28.7 Å². The van der Waals surface area contributed by atoms with Crippen LogP contribution in [0.5, 0.6) is 11.5 Å². The summed E-state index contributed by atoms with van der Waals surface area (Å²) >= 11 is 0. The molecule has 21 nitrogen and oxygen atoms in total. The zero-order valence-corrected chi connectivity index (χ0v) is 35.9. The Labute approximate surface area is 369 Å². The van der Waals surface area contributed by atoms with Crippen molar-refractivity contribution < 1.29 is 58.0 Å². The molecule has 1 amide bonds. The summed E-state index contributed by atoms with van der Waals surface area (Å²) in [5.41, 5.74) is 8.94. The third-order valence-electron chi connectivity index (χ3n) is 9.40. The number of carbonyl (C=O) groups excluding carboxylic acids is 2. The summed E-state index contributed by atoms with van der Waals surface area (Å²) in [6.07, 6.45) is 1.02. The van der Waals surface area contributed by atoms with E-state index in [-0.39, 0.29) is 73.1 Å². The summed E-state index contributed by atoms with van der Waals surface area (Å²) in [6, 6.07) is 24.5. The van der Waals surface area contributed by atoms with E-state index in [4.69, 9.17) is 15.2 Å². The van der Waals surface area contributed by atoms with E-state index in [1.807, 2.05) is 0 Å². The number of nitrogens with zero attached hydrogens (tertiary/aromatic N) is 5. The Morgan fingerprint density at radius 3 is 1.98 bits per heavy atom. The molecule has 1 aliphatic carbocycles. The molecular weight excluding hydrogens is 909 g/mol. The number of fused-ring (bicyclic) bond motifs is 2. The third-order valence-corrected chi connectivity index (χ3v) is 12.0. The quantitative estimate of drug-likeness (QED) is 0.0277. The number of rotatable bonds is 13. The van der Waals surface area contributed by atoms with Crippen molar-refractivity contribution in [2.75, 3.05) is 30.7 Å². The Morgan fingerprint density at radius 2 is 1.31 bits per heavy atom. The van der Waals surface area contributed by atoms with Crippen molar-refractivity contribution in [2.24, 2.45) is 25.6 Å². The number of allylic oxidation sites excluding steroid dienone is 1. The highest BCUT2D eigenvalue weighted by atomic mass is 32.2. The first-order chi connectivity index (χ1) is 30.7. The summed E-state index contributed by atoms with van der Waals surface area (Å²) in [5.74, 6) is -1.35. The van der Waals surface area contributed by atoms with Gasteiger partial charge >= 0.3 is 0 Å². The van der Waals surface area contributed by atoms with Crippen LogP contribution in [0.1, 0.15) is 26.3 Å².